The third kappa shape index (κ3) is 36.2. The van der Waals surface area contributed by atoms with Crippen molar-refractivity contribution in [2.75, 3.05) is 36.0 Å². The molecule has 0 bridgehead atoms. The normalized spacial score (nSPS) is 15.4. The molecule has 3 aliphatic rings. The van der Waals surface area contributed by atoms with Gasteiger partial charge in [-0.15, -0.1) is 25.3 Å². The number of aliphatic carboxylic acids is 4. The Morgan fingerprint density at radius 3 is 1.70 bits per heavy atom. The van der Waals surface area contributed by atoms with Crippen LogP contribution in [0.3, 0.4) is 0 Å². The number of allylic oxidation sites excluding steroid dienone is 7. The summed E-state index contributed by atoms with van der Waals surface area (Å²) < 4.78 is 128. The first-order valence-corrected chi connectivity index (χ1v) is 45.4. The van der Waals surface area contributed by atoms with Gasteiger partial charge < -0.3 is 55.9 Å². The number of fused-ring (bicyclic) bond motifs is 2. The Hall–Kier alpha value is -12.1. The highest BCUT2D eigenvalue weighted by Gasteiger charge is 2.45. The fourth-order valence-electron chi connectivity index (χ4n) is 14.8. The Morgan fingerprint density at radius 1 is 0.563 bits per heavy atom. The maximum absolute atomic E-state index is 14.7. The number of carboxylic acids is 4. The van der Waals surface area contributed by atoms with Crippen molar-refractivity contribution in [2.45, 2.75) is 191 Å². The van der Waals surface area contributed by atoms with Crippen molar-refractivity contribution in [3.8, 4) is 5.75 Å². The van der Waals surface area contributed by atoms with E-state index in [0.29, 0.717) is 67.0 Å². The van der Waals surface area contributed by atoms with E-state index in [0.717, 1.165) is 51.5 Å². The van der Waals surface area contributed by atoms with Crippen molar-refractivity contribution in [3.05, 3.63) is 208 Å². The number of ether oxygens (including phenoxy) is 1. The van der Waals surface area contributed by atoms with Gasteiger partial charge in [-0.2, -0.15) is 22.6 Å². The van der Waals surface area contributed by atoms with Crippen LogP contribution in [-0.4, -0.2) is 196 Å². The van der Waals surface area contributed by atoms with Crippen LogP contribution in [0.4, 0.5) is 16.2 Å². The van der Waals surface area contributed by atoms with Crippen LogP contribution in [0.1, 0.15) is 171 Å². The molecule has 0 saturated heterocycles. The van der Waals surface area contributed by atoms with Crippen LogP contribution in [0.2, 0.25) is 0 Å². The highest BCUT2D eigenvalue weighted by molar-refractivity contribution is 7.86. The van der Waals surface area contributed by atoms with Crippen molar-refractivity contribution in [3.63, 3.8) is 0 Å². The van der Waals surface area contributed by atoms with Crippen molar-refractivity contribution in [2.24, 2.45) is 11.8 Å². The number of para-hydroxylation sites is 2. The van der Waals surface area contributed by atoms with Gasteiger partial charge in [-0.1, -0.05) is 129 Å². The van der Waals surface area contributed by atoms with Crippen LogP contribution in [0.15, 0.2) is 180 Å². The van der Waals surface area contributed by atoms with Crippen LogP contribution in [0, 0.1) is 11.8 Å². The summed E-state index contributed by atoms with van der Waals surface area (Å²) in [6, 6.07) is 35.5. The number of amides is 4. The molecule has 9 N–H and O–H groups in total. The first-order chi connectivity index (χ1) is 59.4. The Bertz CT molecular complexity index is 5340. The maximum atomic E-state index is 14.7. The average molecular weight is 1830 g/mol. The van der Waals surface area contributed by atoms with Gasteiger partial charge in [0.1, 0.15) is 41.7 Å². The number of Topliss-reactive ketones (excluding diaryl/α,β-unsaturated/α-hetero) is 3. The Kier molecular flexibility index (Phi) is 42.5. The van der Waals surface area contributed by atoms with E-state index in [-0.39, 0.29) is 89.1 Å². The van der Waals surface area contributed by atoms with Crippen LogP contribution >= 0.6 is 0 Å². The van der Waals surface area contributed by atoms with Crippen LogP contribution < -0.4 is 30.9 Å². The van der Waals surface area contributed by atoms with Crippen molar-refractivity contribution >= 4 is 124 Å². The zero-order chi connectivity index (χ0) is 93.5. The summed E-state index contributed by atoms with van der Waals surface area (Å²) in [4.78, 5) is 148. The molecule has 680 valence electrons. The third-order valence-electron chi connectivity index (χ3n) is 20.9. The minimum Gasteiger partial charge on any atom is -0.748 e. The molecule has 1 aliphatic carbocycles. The second-order valence-electron chi connectivity index (χ2n) is 31.0. The zero-order valence-corrected chi connectivity index (χ0v) is 73.1. The molecule has 4 amide bonds. The molecule has 2 heterocycles. The molecule has 5 aromatic carbocycles. The SMILES string of the molecule is CC1(C)C(=CC=C2CCCC(C=CC3=[N+](CCCCS(=O)(=O)O)c4ccccc4C3(C)C)=C2Oc2ccc(C[C@H](NC(=O)[C@@H](CC(=O)[C@H](Cc3ccccc3)NC(=O)CCCCC(=O)C[C@H](CC(=O)CC[C@H](NC(=O)NCCCC(=O)O)C(=O)O)C(=O)O)Cc3ccccc3)C(=O)O)cc2)N(CCCCS(=O)(=O)[O-])c2ccccc21.O=C=O.O=S(=O)=O.O=S(=O)=O. The molecule has 0 radical (unpaired) electrons. The van der Waals surface area contributed by atoms with E-state index in [9.17, 15) is 89.2 Å². The molecule has 5 aromatic rings. The molecular formula is C87H104N6O29S4. The van der Waals surface area contributed by atoms with Gasteiger partial charge in [-0.3, -0.25) is 38.1 Å². The smallest absolute Gasteiger partial charge is 0.425 e. The predicted molar refractivity (Wildman–Crippen MR) is 455 cm³/mol. The number of nitrogens with one attached hydrogen (secondary N) is 4. The summed E-state index contributed by atoms with van der Waals surface area (Å²) in [6.07, 6.45) is 9.04. The first-order valence-electron chi connectivity index (χ1n) is 40.3. The number of benzene rings is 5. The van der Waals surface area contributed by atoms with Gasteiger partial charge >= 0.3 is 57.3 Å². The zero-order valence-electron chi connectivity index (χ0n) is 69.8. The van der Waals surface area contributed by atoms with Crippen molar-refractivity contribution in [1.82, 2.24) is 21.3 Å². The topological polar surface area (TPSA) is 563 Å². The number of carbonyl (C=O) groups excluding carboxylic acids is 8. The number of anilines is 1. The molecule has 0 spiro atoms. The summed E-state index contributed by atoms with van der Waals surface area (Å²) in [5, 5.41) is 49.2. The first kappa shape index (κ1) is 104. The number of carboxylic acid groups (broad SMARTS) is 4. The summed E-state index contributed by atoms with van der Waals surface area (Å²) in [7, 11) is -14.8. The third-order valence-corrected chi connectivity index (χ3v) is 22.5. The number of carbonyl (C=O) groups is 10. The lowest BCUT2D eigenvalue weighted by molar-refractivity contribution is -0.438. The standard InChI is InChI=1S/C86H104N6O21S2.CO2.2O3S/c1-85(2)67-30-12-14-32-72(67)91(47-17-19-49-114(107,108)109)75(85)44-38-60-27-21-28-61(39-45-76-86(3,4)68-31-13-15-33-73(68)92(76)48-18-20-50-115(110,111)112)79(60)113-66-41-36-59(37-42-66)53-71(83(104)105)89-80(99)62(51-57-23-7-5-8-24-57)56-74(95)70(52-58-25-9-6-10-26-58)88-77(96)34-16-11-29-64(93)54-63(81(100)101)55-65(94)40-43-69(82(102)103)90-84(106)87-46-22-35-78(97)98;2-1-3;2*1-4(2)3/h5-10,12-15,23-26,30-33,36-39,41-42,44-45,62-63,69-71H,11,16-22,27-29,34-35,40,43,46-56H2,1-4H3,(H9-,87,88,89,90,96,97,98,99,100,101,102,103,104,105,106,107,108,109,110,111,112);;;/t62-,63-,69+,70+,71+;;;/m1.../s1. The van der Waals surface area contributed by atoms with Crippen LogP contribution in [0.5, 0.6) is 5.75 Å². The molecule has 8 rings (SSSR count). The lowest BCUT2D eigenvalue weighted by Crippen LogP contribution is -2.47. The summed E-state index contributed by atoms with van der Waals surface area (Å²) >= 11 is 0. The molecule has 5 atom stereocenters. The molecule has 0 aromatic heterocycles. The quantitative estimate of drug-likeness (QED) is 0.0100. The van der Waals surface area contributed by atoms with E-state index < -0.39 is 179 Å². The van der Waals surface area contributed by atoms with E-state index in [1.165, 1.54) is 0 Å². The van der Waals surface area contributed by atoms with E-state index in [2.05, 4.69) is 88.8 Å². The number of rotatable bonds is 47. The molecular weight excluding hydrogens is 1720 g/mol. The van der Waals surface area contributed by atoms with Crippen molar-refractivity contribution in [1.29, 1.82) is 0 Å². The predicted octanol–water partition coefficient (Wildman–Crippen LogP) is 8.38. The van der Waals surface area contributed by atoms with Gasteiger partial charge in [0.2, 0.25) is 17.5 Å². The lowest BCUT2D eigenvalue weighted by Gasteiger charge is -2.28. The number of ketones is 3. The van der Waals surface area contributed by atoms with Gasteiger partial charge in [-0.05, 0) is 155 Å². The van der Waals surface area contributed by atoms with Gasteiger partial charge in [0, 0.05) is 117 Å². The van der Waals surface area contributed by atoms with Gasteiger partial charge in [0.15, 0.2) is 11.5 Å². The van der Waals surface area contributed by atoms with Gasteiger partial charge in [0.25, 0.3) is 10.1 Å². The second kappa shape index (κ2) is 51.3. The lowest BCUT2D eigenvalue weighted by atomic mass is 9.81. The van der Waals surface area contributed by atoms with Crippen LogP contribution in [-0.2, 0) is 124 Å². The minimum atomic E-state index is -4.42. The Morgan fingerprint density at radius 2 is 1.11 bits per heavy atom. The summed E-state index contributed by atoms with van der Waals surface area (Å²) in [6.45, 7) is 9.37. The van der Waals surface area contributed by atoms with Crippen molar-refractivity contribution < 1.29 is 138 Å². The van der Waals surface area contributed by atoms with Crippen LogP contribution in [0.25, 0.3) is 0 Å². The van der Waals surface area contributed by atoms with Gasteiger partial charge in [-0.25, -0.2) is 22.8 Å². The number of urea groups is 1. The molecule has 0 saturated carbocycles. The number of hydrogen-bond donors (Lipinski definition) is 9. The highest BCUT2D eigenvalue weighted by Crippen LogP contribution is 2.48. The summed E-state index contributed by atoms with van der Waals surface area (Å²) in [5.74, 6) is -10.8. The molecule has 0 unspecified atom stereocenters. The second-order valence-corrected chi connectivity index (χ2v) is 34.9. The monoisotopic (exact) mass is 1820 g/mol. The van der Waals surface area contributed by atoms with E-state index >= 15 is 0 Å². The maximum Gasteiger partial charge on any atom is 0.425 e. The van der Waals surface area contributed by atoms with Gasteiger partial charge in [0.05, 0.1) is 33.2 Å². The molecule has 0 fully saturated rings. The van der Waals surface area contributed by atoms with E-state index in [1.54, 1.807) is 84.9 Å². The average Bonchev–Trinajstić information content (AvgIpc) is 1.60. The highest BCUT2D eigenvalue weighted by atomic mass is 32.2. The number of nitrogens with zero attached hydrogens (tertiary/aromatic N) is 2. The fraction of sp³-hybridized carbons (Fsp3) is 0.425. The molecule has 126 heavy (non-hydrogen) atoms. The Labute approximate surface area is 732 Å². The number of unbranched alkanes of at least 4 members (excludes halogenated alkanes) is 3. The fourth-order valence-corrected chi connectivity index (χ4v) is 16.0. The van der Waals surface area contributed by atoms with E-state index in [4.69, 9.17) is 44.7 Å². The van der Waals surface area contributed by atoms with E-state index in [1.807, 2.05) is 42.5 Å². The largest absolute Gasteiger partial charge is 0.748 e. The molecule has 2 aliphatic heterocycles. The summed E-state index contributed by atoms with van der Waals surface area (Å²) in [5.41, 5.74) is 8.62. The Balaban J connectivity index is 0.00000242. The number of hydrogen-bond acceptors (Lipinski definition) is 25. The minimum absolute atomic E-state index is 0.0150. The molecule has 39 heteroatoms. The molecule has 35 nitrogen and oxygen atoms in total.